The maximum absolute atomic E-state index is 6.36. The molecule has 1 N–H and O–H groups in total. The van der Waals surface area contributed by atoms with Gasteiger partial charge in [-0.1, -0.05) is 34.5 Å². The first kappa shape index (κ1) is 17.7. The van der Waals surface area contributed by atoms with Crippen LogP contribution in [-0.4, -0.2) is 36.4 Å². The minimum absolute atomic E-state index is 0.662. The predicted octanol–water partition coefficient (Wildman–Crippen LogP) is 4.07. The van der Waals surface area contributed by atoms with Crippen molar-refractivity contribution < 1.29 is 0 Å². The number of nitrogens with one attached hydrogen (secondary N) is 1. The number of benzene rings is 1. The van der Waals surface area contributed by atoms with E-state index in [2.05, 4.69) is 25.2 Å². The maximum Gasteiger partial charge on any atom is 0.0967 e. The van der Waals surface area contributed by atoms with Gasteiger partial charge >= 0.3 is 0 Å². The van der Waals surface area contributed by atoms with Crippen molar-refractivity contribution in [2.45, 2.75) is 26.1 Å². The summed E-state index contributed by atoms with van der Waals surface area (Å²) in [5.41, 5.74) is 5.56. The molecule has 4 heterocycles. The van der Waals surface area contributed by atoms with E-state index in [0.29, 0.717) is 16.6 Å². The SMILES string of the molecule is Clc1cc(Cl)c2[nH]c3c(c2c1)CN(Cc1cn(Cc2cccnc2)nn1)CC3. The van der Waals surface area contributed by atoms with E-state index in [4.69, 9.17) is 23.2 Å². The lowest BCUT2D eigenvalue weighted by Crippen LogP contribution is -2.29. The Morgan fingerprint density at radius 3 is 2.96 bits per heavy atom. The molecule has 0 bridgehead atoms. The normalized spacial score (nSPS) is 14.5. The summed E-state index contributed by atoms with van der Waals surface area (Å²) in [6.45, 7) is 3.22. The monoisotopic (exact) mass is 412 g/mol. The number of pyridine rings is 1. The van der Waals surface area contributed by atoms with Gasteiger partial charge in [-0.25, -0.2) is 4.68 Å². The number of aromatic nitrogens is 5. The Balaban J connectivity index is 1.33. The molecule has 0 amide bonds. The molecule has 1 aromatic carbocycles. The summed E-state index contributed by atoms with van der Waals surface area (Å²) in [5.74, 6) is 0. The summed E-state index contributed by atoms with van der Waals surface area (Å²) in [7, 11) is 0. The molecule has 28 heavy (non-hydrogen) atoms. The summed E-state index contributed by atoms with van der Waals surface area (Å²) in [4.78, 5) is 9.99. The zero-order valence-corrected chi connectivity index (χ0v) is 16.6. The smallest absolute Gasteiger partial charge is 0.0967 e. The summed E-state index contributed by atoms with van der Waals surface area (Å²) in [5, 5.41) is 11.0. The Labute approximate surface area is 172 Å². The van der Waals surface area contributed by atoms with Crippen molar-refractivity contribution in [3.05, 3.63) is 75.4 Å². The molecule has 8 heteroatoms. The number of rotatable bonds is 4. The summed E-state index contributed by atoms with van der Waals surface area (Å²) >= 11 is 12.6. The number of nitrogens with zero attached hydrogens (tertiary/aromatic N) is 5. The van der Waals surface area contributed by atoms with Crippen molar-refractivity contribution in [1.82, 2.24) is 29.9 Å². The molecule has 0 saturated carbocycles. The number of hydrogen-bond donors (Lipinski definition) is 1. The minimum Gasteiger partial charge on any atom is -0.357 e. The van der Waals surface area contributed by atoms with Crippen LogP contribution in [0.3, 0.4) is 0 Å². The lowest BCUT2D eigenvalue weighted by molar-refractivity contribution is 0.242. The Hall–Kier alpha value is -2.41. The second kappa shape index (κ2) is 7.20. The average Bonchev–Trinajstić information content (AvgIpc) is 3.27. The Kier molecular flexibility index (Phi) is 4.55. The van der Waals surface area contributed by atoms with Crippen molar-refractivity contribution in [3.8, 4) is 0 Å². The highest BCUT2D eigenvalue weighted by atomic mass is 35.5. The third-order valence-corrected chi connectivity index (χ3v) is 5.64. The number of aromatic amines is 1. The van der Waals surface area contributed by atoms with Gasteiger partial charge in [0, 0.05) is 54.6 Å². The van der Waals surface area contributed by atoms with E-state index < -0.39 is 0 Å². The van der Waals surface area contributed by atoms with Crippen LogP contribution in [0.2, 0.25) is 10.0 Å². The van der Waals surface area contributed by atoms with Gasteiger partial charge in [0.25, 0.3) is 0 Å². The second-order valence-electron chi connectivity index (χ2n) is 7.12. The van der Waals surface area contributed by atoms with Crippen LogP contribution in [0.15, 0.2) is 42.9 Å². The van der Waals surface area contributed by atoms with E-state index in [1.807, 2.05) is 35.3 Å². The first-order valence-electron chi connectivity index (χ1n) is 9.14. The molecular weight excluding hydrogens is 395 g/mol. The fourth-order valence-corrected chi connectivity index (χ4v) is 4.37. The molecule has 0 spiro atoms. The number of H-pyrrole nitrogens is 1. The number of halogens is 2. The van der Waals surface area contributed by atoms with Gasteiger partial charge in [-0.2, -0.15) is 0 Å². The van der Waals surface area contributed by atoms with Gasteiger partial charge in [0.15, 0.2) is 0 Å². The van der Waals surface area contributed by atoms with Crippen molar-refractivity contribution in [3.63, 3.8) is 0 Å². The molecule has 6 nitrogen and oxygen atoms in total. The molecule has 0 saturated heterocycles. The van der Waals surface area contributed by atoms with Gasteiger partial charge in [0.1, 0.15) is 0 Å². The first-order chi connectivity index (χ1) is 13.7. The van der Waals surface area contributed by atoms with Gasteiger partial charge in [-0.05, 0) is 29.3 Å². The topological polar surface area (TPSA) is 62.6 Å². The standard InChI is InChI=1S/C20H18Cl2N6/c21-14-6-16-17-12-27(5-3-19(17)24-20(16)18(22)7-14)10-15-11-28(26-25-15)9-13-2-1-4-23-8-13/h1-2,4,6-8,11,24H,3,5,9-10,12H2. The van der Waals surface area contributed by atoms with Crippen LogP contribution in [0.5, 0.6) is 0 Å². The molecule has 0 unspecified atom stereocenters. The first-order valence-corrected chi connectivity index (χ1v) is 9.90. The van der Waals surface area contributed by atoms with Gasteiger partial charge in [0.05, 0.1) is 29.0 Å². The van der Waals surface area contributed by atoms with Crippen LogP contribution in [-0.2, 0) is 26.1 Å². The van der Waals surface area contributed by atoms with E-state index in [9.17, 15) is 0 Å². The summed E-state index contributed by atoms with van der Waals surface area (Å²) in [6.07, 6.45) is 6.57. The molecule has 3 aromatic heterocycles. The van der Waals surface area contributed by atoms with Crippen molar-refractivity contribution in [2.75, 3.05) is 6.54 Å². The third-order valence-electron chi connectivity index (χ3n) is 5.12. The van der Waals surface area contributed by atoms with Gasteiger partial charge < -0.3 is 4.98 Å². The quantitative estimate of drug-likeness (QED) is 0.548. The molecule has 5 rings (SSSR count). The van der Waals surface area contributed by atoms with E-state index in [1.165, 1.54) is 11.3 Å². The van der Waals surface area contributed by atoms with E-state index in [0.717, 1.165) is 48.2 Å². The predicted molar refractivity (Wildman–Crippen MR) is 109 cm³/mol. The molecule has 1 aliphatic heterocycles. The molecule has 0 aliphatic carbocycles. The number of hydrogen-bond acceptors (Lipinski definition) is 4. The average molecular weight is 413 g/mol. The summed E-state index contributed by atoms with van der Waals surface area (Å²) < 4.78 is 1.85. The lowest BCUT2D eigenvalue weighted by Gasteiger charge is -2.26. The molecule has 4 aromatic rings. The van der Waals surface area contributed by atoms with Crippen molar-refractivity contribution in [2.24, 2.45) is 0 Å². The van der Waals surface area contributed by atoms with Crippen LogP contribution in [0.4, 0.5) is 0 Å². The highest BCUT2D eigenvalue weighted by molar-refractivity contribution is 6.38. The van der Waals surface area contributed by atoms with Crippen LogP contribution < -0.4 is 0 Å². The highest BCUT2D eigenvalue weighted by Crippen LogP contribution is 2.34. The molecule has 0 atom stereocenters. The van der Waals surface area contributed by atoms with Gasteiger partial charge in [0.2, 0.25) is 0 Å². The highest BCUT2D eigenvalue weighted by Gasteiger charge is 2.22. The van der Waals surface area contributed by atoms with Crippen LogP contribution in [0.25, 0.3) is 10.9 Å². The van der Waals surface area contributed by atoms with Crippen LogP contribution in [0, 0.1) is 0 Å². The zero-order valence-electron chi connectivity index (χ0n) is 15.1. The largest absolute Gasteiger partial charge is 0.357 e. The maximum atomic E-state index is 6.36. The molecule has 1 aliphatic rings. The molecule has 0 fully saturated rings. The fourth-order valence-electron chi connectivity index (χ4n) is 3.83. The van der Waals surface area contributed by atoms with Gasteiger partial charge in [-0.15, -0.1) is 5.10 Å². The second-order valence-corrected chi connectivity index (χ2v) is 7.97. The zero-order chi connectivity index (χ0) is 19.1. The Morgan fingerprint density at radius 2 is 2.11 bits per heavy atom. The van der Waals surface area contributed by atoms with Crippen LogP contribution in [0.1, 0.15) is 22.5 Å². The lowest BCUT2D eigenvalue weighted by atomic mass is 10.0. The van der Waals surface area contributed by atoms with Crippen LogP contribution >= 0.6 is 23.2 Å². The third kappa shape index (κ3) is 3.39. The van der Waals surface area contributed by atoms with E-state index in [1.54, 1.807) is 12.3 Å². The Morgan fingerprint density at radius 1 is 1.18 bits per heavy atom. The minimum atomic E-state index is 0.662. The van der Waals surface area contributed by atoms with Gasteiger partial charge in [-0.3, -0.25) is 9.88 Å². The Bertz CT molecular complexity index is 1130. The fraction of sp³-hybridized carbons (Fsp3) is 0.250. The van der Waals surface area contributed by atoms with Crippen molar-refractivity contribution in [1.29, 1.82) is 0 Å². The van der Waals surface area contributed by atoms with E-state index in [-0.39, 0.29) is 0 Å². The van der Waals surface area contributed by atoms with Crippen molar-refractivity contribution >= 4 is 34.1 Å². The molecule has 142 valence electrons. The number of fused-ring (bicyclic) bond motifs is 3. The molecular formula is C20H18Cl2N6. The summed E-state index contributed by atoms with van der Waals surface area (Å²) in [6, 6.07) is 7.74. The van der Waals surface area contributed by atoms with E-state index >= 15 is 0 Å². The molecule has 0 radical (unpaired) electrons.